The molecule has 0 spiro atoms. The van der Waals surface area contributed by atoms with Crippen LogP contribution in [0.2, 0.25) is 0 Å². The first-order valence-corrected chi connectivity index (χ1v) is 3.80. The molecule has 0 aromatic heterocycles. The quantitative estimate of drug-likeness (QED) is 0.581. The molecule has 0 saturated carbocycles. The van der Waals surface area contributed by atoms with Crippen molar-refractivity contribution in [1.82, 2.24) is 5.32 Å². The first-order chi connectivity index (χ1) is 4.16. The summed E-state index contributed by atoms with van der Waals surface area (Å²) in [5.74, 6) is -0.351. The predicted octanol–water partition coefficient (Wildman–Crippen LogP) is 0.803. The van der Waals surface area contributed by atoms with Crippen LogP contribution in [0, 0.1) is 0 Å². The van der Waals surface area contributed by atoms with Gasteiger partial charge in [-0.15, -0.1) is 0 Å². The fraction of sp³-hybridized carbons (Fsp3) is 0.750. The van der Waals surface area contributed by atoms with Crippen molar-refractivity contribution in [2.75, 3.05) is 11.0 Å². The number of hydrogen-bond acceptors (Lipinski definition) is 1. The molecule has 9 heavy (non-hydrogen) atoms. The van der Waals surface area contributed by atoms with E-state index < -0.39 is 13.0 Å². The third-order valence-electron chi connectivity index (χ3n) is 0.575. The van der Waals surface area contributed by atoms with Crippen molar-refractivity contribution in [1.29, 1.82) is 0 Å². The molecule has 5 heteroatoms. The van der Waals surface area contributed by atoms with Crippen LogP contribution < -0.4 is 5.32 Å². The fourth-order valence-corrected chi connectivity index (χ4v) is 0.508. The number of alkyl halides is 3. The summed E-state index contributed by atoms with van der Waals surface area (Å²) in [6.07, 6.45) is -2.45. The van der Waals surface area contributed by atoms with Crippen molar-refractivity contribution < 1.29 is 13.6 Å². The Kier molecular flexibility index (Phi) is 4.93. The number of amides is 1. The maximum absolute atomic E-state index is 11.3. The van der Waals surface area contributed by atoms with Gasteiger partial charge in [-0.3, -0.25) is 4.79 Å². The van der Waals surface area contributed by atoms with E-state index in [4.69, 9.17) is 0 Å². The van der Waals surface area contributed by atoms with E-state index in [-0.39, 0.29) is 10.3 Å². The Labute approximate surface area is 65.1 Å². The second-order valence-corrected chi connectivity index (χ2v) is 2.09. The summed E-state index contributed by atoms with van der Waals surface area (Å²) in [5, 5.41) is 2.04. The monoisotopic (exact) mass is 249 g/mol. The lowest BCUT2D eigenvalue weighted by Crippen LogP contribution is -2.28. The van der Waals surface area contributed by atoms with Gasteiger partial charge in [-0.05, 0) is 0 Å². The van der Waals surface area contributed by atoms with Gasteiger partial charge in [0.15, 0.2) is 0 Å². The molecule has 54 valence electrons. The molecule has 1 N–H and O–H groups in total. The second kappa shape index (κ2) is 4.89. The highest BCUT2D eigenvalue weighted by Crippen LogP contribution is 1.88. The van der Waals surface area contributed by atoms with E-state index in [1.807, 2.05) is 5.32 Å². The summed E-state index contributed by atoms with van der Waals surface area (Å²) >= 11 is 1.80. The smallest absolute Gasteiger partial charge is 0.255 e. The topological polar surface area (TPSA) is 29.1 Å². The molecule has 1 amide bonds. The second-order valence-electron chi connectivity index (χ2n) is 1.33. The van der Waals surface area contributed by atoms with Crippen LogP contribution in [-0.4, -0.2) is 23.3 Å². The molecule has 0 aliphatic rings. The van der Waals surface area contributed by atoms with Gasteiger partial charge < -0.3 is 5.32 Å². The number of rotatable bonds is 3. The average molecular weight is 249 g/mol. The molecular formula is C4H6F2INO. The molecule has 0 aromatic rings. The van der Waals surface area contributed by atoms with Crippen LogP contribution in [0.4, 0.5) is 8.78 Å². The molecule has 0 aliphatic carbocycles. The van der Waals surface area contributed by atoms with Gasteiger partial charge in [-0.1, -0.05) is 22.6 Å². The van der Waals surface area contributed by atoms with Crippen molar-refractivity contribution >= 4 is 28.5 Å². The highest BCUT2D eigenvalue weighted by Gasteiger charge is 2.03. The molecule has 0 heterocycles. The SMILES string of the molecule is O=C(CI)NCC(F)F. The van der Waals surface area contributed by atoms with E-state index in [1.165, 1.54) is 0 Å². The zero-order valence-corrected chi connectivity index (χ0v) is 6.69. The lowest BCUT2D eigenvalue weighted by Gasteiger charge is -1.99. The summed E-state index contributed by atoms with van der Waals surface area (Å²) in [6.45, 7) is -0.540. The fourth-order valence-electron chi connectivity index (χ4n) is 0.238. The van der Waals surface area contributed by atoms with Crippen LogP contribution in [0.5, 0.6) is 0 Å². The van der Waals surface area contributed by atoms with Crippen molar-refractivity contribution in [3.63, 3.8) is 0 Å². The molecule has 0 radical (unpaired) electrons. The Morgan fingerprint density at radius 3 is 2.56 bits per heavy atom. The standard InChI is InChI=1S/C4H6F2INO/c5-3(6)2-8-4(9)1-7/h3H,1-2H2,(H,8,9). The van der Waals surface area contributed by atoms with Gasteiger partial charge in [0.25, 0.3) is 6.43 Å². The summed E-state index contributed by atoms with van der Waals surface area (Å²) < 4.78 is 22.9. The zero-order valence-electron chi connectivity index (χ0n) is 4.53. The highest BCUT2D eigenvalue weighted by molar-refractivity contribution is 14.1. The Balaban J connectivity index is 3.17. The van der Waals surface area contributed by atoms with Gasteiger partial charge >= 0.3 is 0 Å². The minimum absolute atomic E-state index is 0.227. The lowest BCUT2D eigenvalue weighted by molar-refractivity contribution is -0.118. The van der Waals surface area contributed by atoms with Crippen molar-refractivity contribution in [3.8, 4) is 0 Å². The highest BCUT2D eigenvalue weighted by atomic mass is 127. The van der Waals surface area contributed by atoms with Gasteiger partial charge in [-0.2, -0.15) is 0 Å². The number of hydrogen-bond donors (Lipinski definition) is 1. The minimum atomic E-state index is -2.45. The molecule has 0 rings (SSSR count). The first kappa shape index (κ1) is 9.06. The van der Waals surface area contributed by atoms with Gasteiger partial charge in [0.2, 0.25) is 5.91 Å². The largest absolute Gasteiger partial charge is 0.350 e. The van der Waals surface area contributed by atoms with Crippen molar-refractivity contribution in [3.05, 3.63) is 0 Å². The van der Waals surface area contributed by atoms with Crippen LogP contribution in [-0.2, 0) is 4.79 Å². The van der Waals surface area contributed by atoms with E-state index >= 15 is 0 Å². The minimum Gasteiger partial charge on any atom is -0.350 e. The molecule has 0 saturated heterocycles. The summed E-state index contributed by atoms with van der Waals surface area (Å²) in [7, 11) is 0. The molecular weight excluding hydrogens is 243 g/mol. The summed E-state index contributed by atoms with van der Waals surface area (Å²) in [5.41, 5.74) is 0. The molecule has 0 atom stereocenters. The molecule has 0 aromatic carbocycles. The zero-order chi connectivity index (χ0) is 7.28. The van der Waals surface area contributed by atoms with E-state index in [2.05, 4.69) is 0 Å². The molecule has 0 bridgehead atoms. The normalized spacial score (nSPS) is 9.78. The van der Waals surface area contributed by atoms with Crippen LogP contribution in [0.3, 0.4) is 0 Å². The van der Waals surface area contributed by atoms with E-state index in [0.717, 1.165) is 0 Å². The van der Waals surface area contributed by atoms with Gasteiger partial charge in [-0.25, -0.2) is 8.78 Å². The average Bonchev–Trinajstić information content (AvgIpc) is 1.83. The van der Waals surface area contributed by atoms with E-state index in [1.54, 1.807) is 22.6 Å². The van der Waals surface area contributed by atoms with Crippen LogP contribution >= 0.6 is 22.6 Å². The summed E-state index contributed by atoms with van der Waals surface area (Å²) in [4.78, 5) is 10.3. The third-order valence-corrected chi connectivity index (χ3v) is 1.27. The van der Waals surface area contributed by atoms with Crippen molar-refractivity contribution in [2.45, 2.75) is 6.43 Å². The molecule has 0 unspecified atom stereocenters. The molecule has 0 aliphatic heterocycles. The maximum Gasteiger partial charge on any atom is 0.255 e. The number of carbonyl (C=O) groups is 1. The van der Waals surface area contributed by atoms with Gasteiger partial charge in [0.05, 0.1) is 11.0 Å². The number of nitrogens with one attached hydrogen (secondary N) is 1. The van der Waals surface area contributed by atoms with Crippen molar-refractivity contribution in [2.24, 2.45) is 0 Å². The lowest BCUT2D eigenvalue weighted by atomic mass is 10.6. The summed E-state index contributed by atoms with van der Waals surface area (Å²) in [6, 6.07) is 0. The molecule has 2 nitrogen and oxygen atoms in total. The number of carbonyl (C=O) groups excluding carboxylic acids is 1. The predicted molar refractivity (Wildman–Crippen MR) is 37.9 cm³/mol. The molecule has 0 fully saturated rings. The van der Waals surface area contributed by atoms with Gasteiger partial charge in [0, 0.05) is 0 Å². The first-order valence-electron chi connectivity index (χ1n) is 2.27. The van der Waals surface area contributed by atoms with E-state index in [9.17, 15) is 13.6 Å². The third kappa shape index (κ3) is 5.94. The van der Waals surface area contributed by atoms with Gasteiger partial charge in [0.1, 0.15) is 0 Å². The Morgan fingerprint density at radius 1 is 1.67 bits per heavy atom. The number of halogens is 3. The van der Waals surface area contributed by atoms with E-state index in [0.29, 0.717) is 0 Å². The Morgan fingerprint density at radius 2 is 2.22 bits per heavy atom. The maximum atomic E-state index is 11.3. The van der Waals surface area contributed by atoms with Crippen LogP contribution in [0.15, 0.2) is 0 Å². The Hall–Kier alpha value is 0.0600. The van der Waals surface area contributed by atoms with Crippen LogP contribution in [0.25, 0.3) is 0 Å². The van der Waals surface area contributed by atoms with Crippen LogP contribution in [0.1, 0.15) is 0 Å². The Bertz CT molecular complexity index is 98.6.